The number of benzene rings is 1. The first-order chi connectivity index (χ1) is 20.9. The van der Waals surface area contributed by atoms with Gasteiger partial charge in [-0.25, -0.2) is 4.79 Å². The summed E-state index contributed by atoms with van der Waals surface area (Å²) in [5.41, 5.74) is 2.04. The van der Waals surface area contributed by atoms with Crippen molar-refractivity contribution in [2.45, 2.75) is 63.8 Å². The smallest absolute Gasteiger partial charge is 0.326 e. The summed E-state index contributed by atoms with van der Waals surface area (Å²) in [6.07, 6.45) is 5.31. The molecule has 44 heavy (non-hydrogen) atoms. The van der Waals surface area contributed by atoms with Crippen molar-refractivity contribution < 1.29 is 33.5 Å². The van der Waals surface area contributed by atoms with Crippen LogP contribution >= 0.6 is 0 Å². The monoisotopic (exact) mass is 614 g/mol. The highest BCUT2D eigenvalue weighted by atomic mass is 16.5. The summed E-state index contributed by atoms with van der Waals surface area (Å²) in [7, 11) is 7.99. The third kappa shape index (κ3) is 8.29. The van der Waals surface area contributed by atoms with E-state index in [9.17, 15) is 24.3 Å². The lowest BCUT2D eigenvalue weighted by molar-refractivity contribution is -0.870. The van der Waals surface area contributed by atoms with Crippen LogP contribution in [0.5, 0.6) is 5.75 Å². The zero-order valence-electron chi connectivity index (χ0n) is 27.3. The zero-order chi connectivity index (χ0) is 32.0. The van der Waals surface area contributed by atoms with Gasteiger partial charge in [-0.05, 0) is 42.9 Å². The van der Waals surface area contributed by atoms with Gasteiger partial charge in [0, 0.05) is 64.6 Å². The van der Waals surface area contributed by atoms with Crippen LogP contribution in [0.15, 0.2) is 18.2 Å². The first kappa shape index (κ1) is 33.7. The van der Waals surface area contributed by atoms with Crippen molar-refractivity contribution in [1.29, 1.82) is 0 Å². The maximum atomic E-state index is 13.9. The van der Waals surface area contributed by atoms with Gasteiger partial charge in [-0.1, -0.05) is 25.5 Å². The van der Waals surface area contributed by atoms with Gasteiger partial charge >= 0.3 is 12.0 Å². The van der Waals surface area contributed by atoms with E-state index in [1.54, 1.807) is 4.90 Å². The van der Waals surface area contributed by atoms with Crippen LogP contribution in [0.1, 0.15) is 62.5 Å². The number of aliphatic carboxylic acids is 1. The summed E-state index contributed by atoms with van der Waals surface area (Å²) >= 11 is 0. The Hall–Kier alpha value is -3.18. The van der Waals surface area contributed by atoms with Crippen molar-refractivity contribution in [3.05, 3.63) is 29.3 Å². The Balaban J connectivity index is 1.54. The lowest BCUT2D eigenvalue weighted by Crippen LogP contribution is -2.52. The standard InChI is InChI=1S/C33H51N5O6/c1-6-7-15-35(16-8-9-19-38(3,4)5)30(40)23-37-22-26(24-10-11-28-25(21-24)14-20-44-28)31(32(41)42)27(37)12-17-36-18-13-29(39)34(2)33(36)43/h10-11,21,26-27,31H,6-9,12-20,22-23H2,1-5H3/p+1/t26-,27+,31-/m1/s1. The van der Waals surface area contributed by atoms with Gasteiger partial charge in [0.1, 0.15) is 5.75 Å². The van der Waals surface area contributed by atoms with E-state index in [4.69, 9.17) is 4.74 Å². The third-order valence-corrected chi connectivity index (χ3v) is 9.38. The number of likely N-dealkylation sites (tertiary alicyclic amines) is 1. The molecule has 1 aromatic rings. The van der Waals surface area contributed by atoms with Crippen LogP contribution in [-0.4, -0.2) is 140 Å². The predicted molar refractivity (Wildman–Crippen MR) is 167 cm³/mol. The van der Waals surface area contributed by atoms with E-state index < -0.39 is 17.9 Å². The molecule has 2 fully saturated rings. The Morgan fingerprint density at radius 1 is 1.09 bits per heavy atom. The van der Waals surface area contributed by atoms with Crippen molar-refractivity contribution in [2.24, 2.45) is 5.92 Å². The van der Waals surface area contributed by atoms with E-state index in [0.29, 0.717) is 45.8 Å². The molecule has 244 valence electrons. The molecule has 11 heteroatoms. The fourth-order valence-electron chi connectivity index (χ4n) is 6.81. The topological polar surface area (TPSA) is 111 Å². The van der Waals surface area contributed by atoms with Crippen LogP contribution in [0.3, 0.4) is 0 Å². The number of imide groups is 1. The second kappa shape index (κ2) is 14.7. The quantitative estimate of drug-likeness (QED) is 0.239. The first-order valence-electron chi connectivity index (χ1n) is 16.3. The van der Waals surface area contributed by atoms with E-state index in [-0.39, 0.29) is 36.7 Å². The molecule has 11 nitrogen and oxygen atoms in total. The predicted octanol–water partition coefficient (Wildman–Crippen LogP) is 2.88. The molecular formula is C33H52N5O6+. The third-order valence-electron chi connectivity index (χ3n) is 9.38. The molecule has 4 rings (SSSR count). The Morgan fingerprint density at radius 2 is 1.84 bits per heavy atom. The zero-order valence-corrected chi connectivity index (χ0v) is 27.3. The number of hydrogen-bond acceptors (Lipinski definition) is 6. The number of carboxylic acids is 1. The van der Waals surface area contributed by atoms with Crippen LogP contribution in [0.2, 0.25) is 0 Å². The Morgan fingerprint density at radius 3 is 2.55 bits per heavy atom. The van der Waals surface area contributed by atoms with Gasteiger partial charge in [-0.3, -0.25) is 24.2 Å². The first-order valence-corrected chi connectivity index (χ1v) is 16.3. The second-order valence-electron chi connectivity index (χ2n) is 13.6. The van der Waals surface area contributed by atoms with Gasteiger partial charge in [-0.15, -0.1) is 0 Å². The van der Waals surface area contributed by atoms with Crippen LogP contribution in [-0.2, 0) is 20.8 Å². The number of quaternary nitrogens is 1. The van der Waals surface area contributed by atoms with Crippen molar-refractivity contribution in [2.75, 3.05) is 80.6 Å². The lowest BCUT2D eigenvalue weighted by atomic mass is 9.83. The van der Waals surface area contributed by atoms with Gasteiger partial charge in [-0.2, -0.15) is 0 Å². The molecule has 0 unspecified atom stereocenters. The molecule has 0 aromatic heterocycles. The molecule has 0 spiro atoms. The summed E-state index contributed by atoms with van der Waals surface area (Å²) in [5, 5.41) is 10.6. The van der Waals surface area contributed by atoms with Crippen molar-refractivity contribution in [3.8, 4) is 5.75 Å². The number of carbonyl (C=O) groups excluding carboxylic acids is 3. The van der Waals surface area contributed by atoms with E-state index in [1.807, 2.05) is 21.9 Å². The molecule has 3 atom stereocenters. The fourth-order valence-corrected chi connectivity index (χ4v) is 6.81. The minimum atomic E-state index is -0.896. The molecule has 0 bridgehead atoms. The maximum absolute atomic E-state index is 13.9. The number of rotatable bonds is 15. The van der Waals surface area contributed by atoms with Gasteiger partial charge < -0.3 is 24.1 Å². The lowest BCUT2D eigenvalue weighted by Gasteiger charge is -2.34. The van der Waals surface area contributed by atoms with Crippen LogP contribution in [0.25, 0.3) is 0 Å². The molecule has 3 aliphatic rings. The number of fused-ring (bicyclic) bond motifs is 1. The number of unbranched alkanes of at least 4 members (excludes halogenated alkanes) is 2. The highest BCUT2D eigenvalue weighted by Crippen LogP contribution is 2.41. The number of ether oxygens (including phenoxy) is 1. The molecule has 2 saturated heterocycles. The molecule has 3 aliphatic heterocycles. The molecule has 0 saturated carbocycles. The number of urea groups is 1. The van der Waals surface area contributed by atoms with Gasteiger partial charge in [0.05, 0.1) is 46.8 Å². The molecular weight excluding hydrogens is 562 g/mol. The average molecular weight is 615 g/mol. The minimum Gasteiger partial charge on any atom is -0.493 e. The van der Waals surface area contributed by atoms with Crippen molar-refractivity contribution in [1.82, 2.24) is 19.6 Å². The SMILES string of the molecule is CCCCN(CCCC[N+](C)(C)C)C(=O)CN1C[C@H](c2ccc3c(c2)CCO3)[C@@H](C(=O)O)[C@@H]1CCN1CCC(=O)N(C)C1=O. The van der Waals surface area contributed by atoms with Crippen molar-refractivity contribution >= 4 is 23.8 Å². The summed E-state index contributed by atoms with van der Waals surface area (Å²) in [6.45, 7) is 6.39. The normalized spacial score (nSPS) is 22.3. The summed E-state index contributed by atoms with van der Waals surface area (Å²) in [4.78, 5) is 58.4. The summed E-state index contributed by atoms with van der Waals surface area (Å²) in [6, 6.07) is 5.17. The summed E-state index contributed by atoms with van der Waals surface area (Å²) in [5.74, 6) is -1.27. The number of nitrogens with zero attached hydrogens (tertiary/aromatic N) is 5. The highest BCUT2D eigenvalue weighted by Gasteiger charge is 2.47. The van der Waals surface area contributed by atoms with Gasteiger partial charge in [0.15, 0.2) is 0 Å². The second-order valence-corrected chi connectivity index (χ2v) is 13.6. The molecule has 1 aromatic carbocycles. The molecule has 0 aliphatic carbocycles. The van der Waals surface area contributed by atoms with E-state index in [1.165, 1.54) is 7.05 Å². The number of hydrogen-bond donors (Lipinski definition) is 1. The van der Waals surface area contributed by atoms with Gasteiger partial charge in [0.25, 0.3) is 0 Å². The Bertz CT molecular complexity index is 1200. The summed E-state index contributed by atoms with van der Waals surface area (Å²) < 4.78 is 6.57. The Labute approximate surface area is 262 Å². The number of carbonyl (C=O) groups is 4. The molecule has 1 N–H and O–H groups in total. The minimum absolute atomic E-state index is 0.0280. The molecule has 0 radical (unpaired) electrons. The molecule has 3 heterocycles. The van der Waals surface area contributed by atoms with Gasteiger partial charge in [0.2, 0.25) is 11.8 Å². The highest BCUT2D eigenvalue weighted by molar-refractivity contribution is 5.96. The maximum Gasteiger partial charge on any atom is 0.326 e. The van der Waals surface area contributed by atoms with Crippen LogP contribution in [0.4, 0.5) is 4.79 Å². The van der Waals surface area contributed by atoms with Crippen LogP contribution < -0.4 is 4.74 Å². The van der Waals surface area contributed by atoms with E-state index in [2.05, 4.69) is 34.1 Å². The number of carboxylic acid groups (broad SMARTS) is 1. The van der Waals surface area contributed by atoms with Crippen LogP contribution in [0, 0.1) is 5.92 Å². The average Bonchev–Trinajstić information content (AvgIpc) is 3.58. The van der Waals surface area contributed by atoms with Crippen molar-refractivity contribution in [3.63, 3.8) is 0 Å². The molecule has 4 amide bonds. The largest absolute Gasteiger partial charge is 0.493 e. The van der Waals surface area contributed by atoms with E-state index >= 15 is 0 Å². The number of amides is 4. The van der Waals surface area contributed by atoms with E-state index in [0.717, 1.165) is 64.9 Å². The Kier molecular flexibility index (Phi) is 11.3. The fraction of sp³-hybridized carbons (Fsp3) is 0.697.